The molecule has 0 saturated carbocycles. The first-order valence-corrected chi connectivity index (χ1v) is 6.88. The third kappa shape index (κ3) is 3.36. The predicted octanol–water partition coefficient (Wildman–Crippen LogP) is 4.21. The third-order valence-electron chi connectivity index (χ3n) is 2.93. The fraction of sp³-hybridized carbons (Fsp3) is 0.250. The molecule has 20 heavy (non-hydrogen) atoms. The van der Waals surface area contributed by atoms with Gasteiger partial charge < -0.3 is 15.2 Å². The Kier molecular flexibility index (Phi) is 4.74. The lowest BCUT2D eigenvalue weighted by Crippen LogP contribution is -2.04. The van der Waals surface area contributed by atoms with E-state index in [2.05, 4.69) is 0 Å². The van der Waals surface area contributed by atoms with Crippen LogP contribution in [0.4, 0.5) is 5.69 Å². The molecular formula is C16H18ClNO2. The second-order valence-electron chi connectivity index (χ2n) is 4.48. The molecule has 0 atom stereocenters. The van der Waals surface area contributed by atoms with Crippen LogP contribution in [0.3, 0.4) is 0 Å². The van der Waals surface area contributed by atoms with Gasteiger partial charge in [-0.3, -0.25) is 0 Å². The first kappa shape index (κ1) is 14.5. The second kappa shape index (κ2) is 6.53. The molecule has 0 radical (unpaired) electrons. The summed E-state index contributed by atoms with van der Waals surface area (Å²) in [5, 5.41) is 0.595. The molecule has 0 aliphatic heterocycles. The maximum atomic E-state index is 6.15. The first-order valence-electron chi connectivity index (χ1n) is 6.51. The molecule has 0 saturated heterocycles. The number of ether oxygens (including phenoxy) is 2. The van der Waals surface area contributed by atoms with Gasteiger partial charge in [-0.15, -0.1) is 0 Å². The van der Waals surface area contributed by atoms with Crippen molar-refractivity contribution in [2.45, 2.75) is 20.5 Å². The number of nitrogens with two attached hydrogens (primary N) is 1. The molecule has 2 rings (SSSR count). The van der Waals surface area contributed by atoms with Gasteiger partial charge in [0.25, 0.3) is 0 Å². The average molecular weight is 292 g/mol. The van der Waals surface area contributed by atoms with Crippen LogP contribution in [0.25, 0.3) is 0 Å². The Labute approximate surface area is 124 Å². The Morgan fingerprint density at radius 2 is 1.90 bits per heavy atom. The Morgan fingerprint density at radius 3 is 2.60 bits per heavy atom. The summed E-state index contributed by atoms with van der Waals surface area (Å²) >= 11 is 6.15. The molecule has 0 aliphatic carbocycles. The summed E-state index contributed by atoms with van der Waals surface area (Å²) in [6, 6.07) is 11.3. The highest BCUT2D eigenvalue weighted by atomic mass is 35.5. The summed E-state index contributed by atoms with van der Waals surface area (Å²) < 4.78 is 11.3. The van der Waals surface area contributed by atoms with E-state index in [0.717, 1.165) is 16.9 Å². The van der Waals surface area contributed by atoms with Gasteiger partial charge in [-0.1, -0.05) is 23.7 Å². The zero-order chi connectivity index (χ0) is 14.5. The number of halogens is 1. The molecule has 106 valence electrons. The van der Waals surface area contributed by atoms with Crippen LogP contribution in [0.1, 0.15) is 18.1 Å². The topological polar surface area (TPSA) is 44.5 Å². The van der Waals surface area contributed by atoms with Crippen LogP contribution in [0, 0.1) is 6.92 Å². The lowest BCUT2D eigenvalue weighted by Gasteiger charge is -2.14. The maximum Gasteiger partial charge on any atom is 0.138 e. The van der Waals surface area contributed by atoms with Gasteiger partial charge in [0.15, 0.2) is 0 Å². The van der Waals surface area contributed by atoms with Crippen molar-refractivity contribution in [3.63, 3.8) is 0 Å². The highest BCUT2D eigenvalue weighted by Gasteiger charge is 2.09. The van der Waals surface area contributed by atoms with Crippen LogP contribution < -0.4 is 15.2 Å². The summed E-state index contributed by atoms with van der Waals surface area (Å²) in [5.74, 6) is 1.39. The lowest BCUT2D eigenvalue weighted by molar-refractivity contribution is 0.287. The van der Waals surface area contributed by atoms with Crippen LogP contribution in [0.5, 0.6) is 11.5 Å². The Hall–Kier alpha value is -1.87. The quantitative estimate of drug-likeness (QED) is 0.839. The molecule has 4 heteroatoms. The molecule has 2 aromatic rings. The van der Waals surface area contributed by atoms with Gasteiger partial charge in [0.1, 0.15) is 18.1 Å². The summed E-state index contributed by atoms with van der Waals surface area (Å²) in [6.07, 6.45) is 0. The minimum absolute atomic E-state index is 0.324. The maximum absolute atomic E-state index is 6.15. The van der Waals surface area contributed by atoms with E-state index < -0.39 is 0 Å². The molecule has 0 aromatic heterocycles. The van der Waals surface area contributed by atoms with Crippen LogP contribution in [-0.2, 0) is 6.61 Å². The largest absolute Gasteiger partial charge is 0.493 e. The molecule has 0 aliphatic rings. The first-order chi connectivity index (χ1) is 9.61. The van der Waals surface area contributed by atoms with E-state index in [1.54, 1.807) is 0 Å². The molecule has 0 unspecified atom stereocenters. The number of hydrogen-bond acceptors (Lipinski definition) is 3. The number of anilines is 1. The third-order valence-corrected chi connectivity index (χ3v) is 3.22. The van der Waals surface area contributed by atoms with E-state index in [9.17, 15) is 0 Å². The molecule has 2 aromatic carbocycles. The number of benzene rings is 2. The number of rotatable bonds is 5. The van der Waals surface area contributed by atoms with Crippen molar-refractivity contribution >= 4 is 17.3 Å². The minimum Gasteiger partial charge on any atom is -0.493 e. The van der Waals surface area contributed by atoms with Crippen molar-refractivity contribution in [1.29, 1.82) is 0 Å². The highest BCUT2D eigenvalue weighted by molar-refractivity contribution is 6.32. The molecule has 2 N–H and O–H groups in total. The van der Waals surface area contributed by atoms with Crippen LogP contribution in [0.2, 0.25) is 5.02 Å². The zero-order valence-electron chi connectivity index (χ0n) is 11.7. The van der Waals surface area contributed by atoms with Gasteiger partial charge >= 0.3 is 0 Å². The molecule has 0 bridgehead atoms. The summed E-state index contributed by atoms with van der Waals surface area (Å²) in [5.41, 5.74) is 8.57. The molecule has 0 heterocycles. The smallest absolute Gasteiger partial charge is 0.138 e. The minimum atomic E-state index is 0.324. The monoisotopic (exact) mass is 291 g/mol. The fourth-order valence-electron chi connectivity index (χ4n) is 1.90. The van der Waals surface area contributed by atoms with E-state index in [0.29, 0.717) is 29.7 Å². The highest BCUT2D eigenvalue weighted by Crippen LogP contribution is 2.29. The van der Waals surface area contributed by atoms with Gasteiger partial charge in [0.2, 0.25) is 0 Å². The second-order valence-corrected chi connectivity index (χ2v) is 4.89. The molecule has 3 nitrogen and oxygen atoms in total. The Bertz CT molecular complexity index is 599. The van der Waals surface area contributed by atoms with Crippen molar-refractivity contribution < 1.29 is 9.47 Å². The number of hydrogen-bond donors (Lipinski definition) is 1. The fourth-order valence-corrected chi connectivity index (χ4v) is 2.19. The standard InChI is InChI=1S/C16H18ClNO2/c1-3-19-15-6-4-5-14(18)12(15)10-20-16-8-7-11(2)9-13(16)17/h4-9H,3,10,18H2,1-2H3. The van der Waals surface area contributed by atoms with Crippen molar-refractivity contribution in [3.05, 3.63) is 52.5 Å². The molecule has 0 spiro atoms. The summed E-state index contributed by atoms with van der Waals surface area (Å²) in [7, 11) is 0. The number of nitrogen functional groups attached to an aromatic ring is 1. The van der Waals surface area contributed by atoms with Crippen molar-refractivity contribution in [1.82, 2.24) is 0 Å². The van der Waals surface area contributed by atoms with E-state index >= 15 is 0 Å². The molecule has 0 amide bonds. The number of aryl methyl sites for hydroxylation is 1. The van der Waals surface area contributed by atoms with Crippen molar-refractivity contribution in [2.24, 2.45) is 0 Å². The van der Waals surface area contributed by atoms with Crippen LogP contribution >= 0.6 is 11.6 Å². The Balaban J connectivity index is 2.18. The molecular weight excluding hydrogens is 274 g/mol. The van der Waals surface area contributed by atoms with E-state index in [-0.39, 0.29) is 0 Å². The van der Waals surface area contributed by atoms with Crippen LogP contribution in [-0.4, -0.2) is 6.61 Å². The molecule has 0 fully saturated rings. The van der Waals surface area contributed by atoms with E-state index in [1.165, 1.54) is 0 Å². The average Bonchev–Trinajstić information content (AvgIpc) is 2.40. The van der Waals surface area contributed by atoms with Crippen molar-refractivity contribution in [3.8, 4) is 11.5 Å². The summed E-state index contributed by atoms with van der Waals surface area (Å²) in [4.78, 5) is 0. The zero-order valence-corrected chi connectivity index (χ0v) is 12.4. The van der Waals surface area contributed by atoms with Gasteiger partial charge in [-0.2, -0.15) is 0 Å². The van der Waals surface area contributed by atoms with E-state index in [4.69, 9.17) is 26.8 Å². The van der Waals surface area contributed by atoms with Gasteiger partial charge in [-0.25, -0.2) is 0 Å². The Morgan fingerprint density at radius 1 is 1.10 bits per heavy atom. The predicted molar refractivity (Wildman–Crippen MR) is 82.5 cm³/mol. The SMILES string of the molecule is CCOc1cccc(N)c1COc1ccc(C)cc1Cl. The summed E-state index contributed by atoms with van der Waals surface area (Å²) in [6.45, 7) is 4.83. The van der Waals surface area contributed by atoms with Crippen molar-refractivity contribution in [2.75, 3.05) is 12.3 Å². The van der Waals surface area contributed by atoms with Gasteiger partial charge in [-0.05, 0) is 43.7 Å². The van der Waals surface area contributed by atoms with Gasteiger partial charge in [0.05, 0.1) is 17.2 Å². The van der Waals surface area contributed by atoms with E-state index in [1.807, 2.05) is 50.2 Å². The lowest BCUT2D eigenvalue weighted by atomic mass is 10.1. The van der Waals surface area contributed by atoms with Crippen LogP contribution in [0.15, 0.2) is 36.4 Å². The van der Waals surface area contributed by atoms with Gasteiger partial charge in [0, 0.05) is 5.69 Å². The normalized spacial score (nSPS) is 10.3.